The molecule has 2 aromatic rings. The Morgan fingerprint density at radius 2 is 1.96 bits per heavy atom. The van der Waals surface area contributed by atoms with E-state index < -0.39 is 5.82 Å². The van der Waals surface area contributed by atoms with Gasteiger partial charge in [-0.25, -0.2) is 9.18 Å². The lowest BCUT2D eigenvalue weighted by Gasteiger charge is -2.19. The summed E-state index contributed by atoms with van der Waals surface area (Å²) in [6.07, 6.45) is 3.42. The average molecular weight is 358 g/mol. The van der Waals surface area contributed by atoms with Gasteiger partial charge in [0.1, 0.15) is 5.82 Å². The van der Waals surface area contributed by atoms with E-state index in [-0.39, 0.29) is 23.5 Å². The number of anilines is 2. The number of aryl methyl sites for hydroxylation is 1. The van der Waals surface area contributed by atoms with Gasteiger partial charge in [-0.2, -0.15) is 0 Å². The molecule has 26 heavy (non-hydrogen) atoms. The van der Waals surface area contributed by atoms with Crippen molar-refractivity contribution in [1.82, 2.24) is 9.88 Å². The van der Waals surface area contributed by atoms with E-state index in [0.717, 1.165) is 11.1 Å². The second-order valence-electron chi connectivity index (χ2n) is 6.43. The maximum atomic E-state index is 13.9. The minimum absolute atomic E-state index is 0.0362. The Kier molecular flexibility index (Phi) is 6.27. The number of benzene rings is 1. The SMILES string of the molecule is Cc1cnccc1CN(C)C(=O)Nc1ccc(F)c(NC(=O)C(C)C)c1. The van der Waals surface area contributed by atoms with Crippen LogP contribution in [-0.4, -0.2) is 28.9 Å². The van der Waals surface area contributed by atoms with Crippen molar-refractivity contribution < 1.29 is 14.0 Å². The van der Waals surface area contributed by atoms with E-state index in [0.29, 0.717) is 12.2 Å². The molecule has 6 nitrogen and oxygen atoms in total. The van der Waals surface area contributed by atoms with Crippen LogP contribution in [0.2, 0.25) is 0 Å². The third-order valence-electron chi connectivity index (χ3n) is 3.89. The third kappa shape index (κ3) is 5.02. The Morgan fingerprint density at radius 3 is 2.62 bits per heavy atom. The van der Waals surface area contributed by atoms with Gasteiger partial charge in [0, 0.05) is 37.6 Å². The quantitative estimate of drug-likeness (QED) is 0.854. The van der Waals surface area contributed by atoms with Crippen LogP contribution in [0.1, 0.15) is 25.0 Å². The van der Waals surface area contributed by atoms with Gasteiger partial charge in [0.15, 0.2) is 0 Å². The van der Waals surface area contributed by atoms with Gasteiger partial charge in [0.05, 0.1) is 5.69 Å². The minimum atomic E-state index is -0.558. The summed E-state index contributed by atoms with van der Waals surface area (Å²) in [5, 5.41) is 5.22. The van der Waals surface area contributed by atoms with E-state index in [1.807, 2.05) is 13.0 Å². The first-order valence-corrected chi connectivity index (χ1v) is 8.30. The lowest BCUT2D eigenvalue weighted by atomic mass is 10.1. The van der Waals surface area contributed by atoms with Crippen LogP contribution in [0.4, 0.5) is 20.6 Å². The number of aromatic nitrogens is 1. The molecular formula is C19H23FN4O2. The second kappa shape index (κ2) is 8.42. The summed E-state index contributed by atoms with van der Waals surface area (Å²) in [7, 11) is 1.67. The van der Waals surface area contributed by atoms with Crippen LogP contribution < -0.4 is 10.6 Å². The number of hydrogen-bond donors (Lipinski definition) is 2. The first-order chi connectivity index (χ1) is 12.3. The number of carbonyl (C=O) groups is 2. The van der Waals surface area contributed by atoms with Crippen LogP contribution in [0.5, 0.6) is 0 Å². The van der Waals surface area contributed by atoms with Gasteiger partial charge in [0.25, 0.3) is 0 Å². The van der Waals surface area contributed by atoms with Gasteiger partial charge >= 0.3 is 6.03 Å². The molecule has 0 unspecified atom stereocenters. The largest absolute Gasteiger partial charge is 0.323 e. The first-order valence-electron chi connectivity index (χ1n) is 8.30. The van der Waals surface area contributed by atoms with E-state index in [1.54, 1.807) is 33.3 Å². The van der Waals surface area contributed by atoms with Crippen LogP contribution in [-0.2, 0) is 11.3 Å². The fourth-order valence-corrected chi connectivity index (χ4v) is 2.20. The number of nitrogens with one attached hydrogen (secondary N) is 2. The van der Waals surface area contributed by atoms with Gasteiger partial charge in [-0.3, -0.25) is 9.78 Å². The summed E-state index contributed by atoms with van der Waals surface area (Å²) in [6, 6.07) is 5.58. The topological polar surface area (TPSA) is 74.3 Å². The Labute approximate surface area is 152 Å². The first kappa shape index (κ1) is 19.4. The molecule has 2 rings (SSSR count). The zero-order valence-corrected chi connectivity index (χ0v) is 15.3. The molecular weight excluding hydrogens is 335 g/mol. The molecule has 0 atom stereocenters. The standard InChI is InChI=1S/C19H23FN4O2/c1-12(2)18(25)23-17-9-15(5-6-16(17)20)22-19(26)24(4)11-14-7-8-21-10-13(14)3/h5-10,12H,11H2,1-4H3,(H,22,26)(H,23,25). The maximum Gasteiger partial charge on any atom is 0.321 e. The Balaban J connectivity index is 2.06. The summed E-state index contributed by atoms with van der Waals surface area (Å²) in [5.41, 5.74) is 2.41. The molecule has 0 bridgehead atoms. The average Bonchev–Trinajstić information content (AvgIpc) is 2.59. The molecule has 1 aromatic heterocycles. The number of amides is 3. The van der Waals surface area contributed by atoms with E-state index in [4.69, 9.17) is 0 Å². The third-order valence-corrected chi connectivity index (χ3v) is 3.89. The van der Waals surface area contributed by atoms with E-state index in [2.05, 4.69) is 15.6 Å². The van der Waals surface area contributed by atoms with Crippen molar-refractivity contribution in [1.29, 1.82) is 0 Å². The van der Waals surface area contributed by atoms with Crippen molar-refractivity contribution in [3.8, 4) is 0 Å². The number of urea groups is 1. The highest BCUT2D eigenvalue weighted by molar-refractivity contribution is 5.94. The highest BCUT2D eigenvalue weighted by Crippen LogP contribution is 2.21. The summed E-state index contributed by atoms with van der Waals surface area (Å²) >= 11 is 0. The van der Waals surface area contributed by atoms with Crippen LogP contribution in [0.3, 0.4) is 0 Å². The molecule has 3 amide bonds. The number of halogens is 1. The van der Waals surface area contributed by atoms with Gasteiger partial charge in [-0.15, -0.1) is 0 Å². The Morgan fingerprint density at radius 1 is 1.23 bits per heavy atom. The highest BCUT2D eigenvalue weighted by Gasteiger charge is 2.14. The fraction of sp³-hybridized carbons (Fsp3) is 0.316. The molecule has 0 aliphatic heterocycles. The van der Waals surface area contributed by atoms with E-state index >= 15 is 0 Å². The number of nitrogens with zero attached hydrogens (tertiary/aromatic N) is 2. The molecule has 7 heteroatoms. The zero-order chi connectivity index (χ0) is 19.3. The van der Waals surface area contributed by atoms with Crippen LogP contribution in [0.15, 0.2) is 36.7 Å². The smallest absolute Gasteiger partial charge is 0.321 e. The molecule has 0 saturated heterocycles. The molecule has 0 radical (unpaired) electrons. The normalized spacial score (nSPS) is 10.5. The lowest BCUT2D eigenvalue weighted by Crippen LogP contribution is -2.31. The minimum Gasteiger partial charge on any atom is -0.323 e. The number of pyridine rings is 1. The predicted octanol–water partition coefficient (Wildman–Crippen LogP) is 3.79. The van der Waals surface area contributed by atoms with Crippen LogP contribution in [0, 0.1) is 18.7 Å². The van der Waals surface area contributed by atoms with Crippen molar-refractivity contribution in [2.24, 2.45) is 5.92 Å². The van der Waals surface area contributed by atoms with E-state index in [9.17, 15) is 14.0 Å². The highest BCUT2D eigenvalue weighted by atomic mass is 19.1. The summed E-state index contributed by atoms with van der Waals surface area (Å²) in [6.45, 7) is 5.78. The Bertz CT molecular complexity index is 808. The monoisotopic (exact) mass is 358 g/mol. The van der Waals surface area contributed by atoms with Crippen molar-refractivity contribution in [2.75, 3.05) is 17.7 Å². The molecule has 0 aliphatic carbocycles. The molecule has 0 spiro atoms. The molecule has 0 aliphatic rings. The summed E-state index contributed by atoms with van der Waals surface area (Å²) in [5.74, 6) is -1.13. The fourth-order valence-electron chi connectivity index (χ4n) is 2.20. The van der Waals surface area contributed by atoms with Crippen molar-refractivity contribution >= 4 is 23.3 Å². The van der Waals surface area contributed by atoms with Crippen molar-refractivity contribution in [3.63, 3.8) is 0 Å². The second-order valence-corrected chi connectivity index (χ2v) is 6.43. The number of hydrogen-bond acceptors (Lipinski definition) is 3. The van der Waals surface area contributed by atoms with Crippen molar-refractivity contribution in [3.05, 3.63) is 53.6 Å². The van der Waals surface area contributed by atoms with Crippen LogP contribution >= 0.6 is 0 Å². The molecule has 138 valence electrons. The number of rotatable bonds is 5. The van der Waals surface area contributed by atoms with Crippen molar-refractivity contribution in [2.45, 2.75) is 27.3 Å². The zero-order valence-electron chi connectivity index (χ0n) is 15.3. The number of carbonyl (C=O) groups excluding carboxylic acids is 2. The molecule has 0 saturated carbocycles. The summed E-state index contributed by atoms with van der Waals surface area (Å²) < 4.78 is 13.9. The predicted molar refractivity (Wildman–Crippen MR) is 99.3 cm³/mol. The molecule has 1 aromatic carbocycles. The van der Waals surface area contributed by atoms with Gasteiger partial charge < -0.3 is 15.5 Å². The maximum absolute atomic E-state index is 13.9. The lowest BCUT2D eigenvalue weighted by molar-refractivity contribution is -0.118. The van der Waals surface area contributed by atoms with Crippen LogP contribution in [0.25, 0.3) is 0 Å². The van der Waals surface area contributed by atoms with Gasteiger partial charge in [-0.05, 0) is 42.3 Å². The molecule has 2 N–H and O–H groups in total. The molecule has 1 heterocycles. The van der Waals surface area contributed by atoms with Gasteiger partial charge in [0.2, 0.25) is 5.91 Å². The van der Waals surface area contributed by atoms with E-state index in [1.165, 1.54) is 23.1 Å². The Hall–Kier alpha value is -2.96. The summed E-state index contributed by atoms with van der Waals surface area (Å²) in [4.78, 5) is 29.7. The van der Waals surface area contributed by atoms with Gasteiger partial charge in [-0.1, -0.05) is 13.8 Å². The molecule has 0 fully saturated rings.